The van der Waals surface area contributed by atoms with E-state index in [2.05, 4.69) is 29.2 Å². The molecule has 1 aromatic heterocycles. The molecule has 2 heteroatoms. The second-order valence-corrected chi connectivity index (χ2v) is 3.90. The van der Waals surface area contributed by atoms with Gasteiger partial charge in [-0.2, -0.15) is 0 Å². The Hall–Kier alpha value is -1.28. The minimum absolute atomic E-state index is 0.0261. The first-order chi connectivity index (χ1) is 6.30. The highest BCUT2D eigenvalue weighted by atomic mass is 14.8. The first kappa shape index (κ1) is 7.15. The van der Waals surface area contributed by atoms with Crippen LogP contribution in [0.5, 0.6) is 0 Å². The molecule has 2 aromatic rings. The smallest absolute Gasteiger partial charge is 0.0457 e. The van der Waals surface area contributed by atoms with Gasteiger partial charge in [-0.3, -0.25) is 0 Å². The minimum Gasteiger partial charge on any atom is -0.361 e. The van der Waals surface area contributed by atoms with Crippen molar-refractivity contribution in [2.75, 3.05) is 0 Å². The molecule has 1 saturated carbocycles. The topological polar surface area (TPSA) is 41.8 Å². The Labute approximate surface area is 76.8 Å². The van der Waals surface area contributed by atoms with Crippen molar-refractivity contribution in [1.82, 2.24) is 4.98 Å². The van der Waals surface area contributed by atoms with Gasteiger partial charge in [0.25, 0.3) is 0 Å². The van der Waals surface area contributed by atoms with Crippen LogP contribution in [0.15, 0.2) is 30.5 Å². The summed E-state index contributed by atoms with van der Waals surface area (Å²) in [5.41, 5.74) is 8.64. The molecule has 0 aliphatic heterocycles. The van der Waals surface area contributed by atoms with Gasteiger partial charge in [0.15, 0.2) is 0 Å². The van der Waals surface area contributed by atoms with Gasteiger partial charge < -0.3 is 10.7 Å². The quantitative estimate of drug-likeness (QED) is 0.679. The monoisotopic (exact) mass is 172 g/mol. The van der Waals surface area contributed by atoms with Gasteiger partial charge in [0, 0.05) is 22.6 Å². The summed E-state index contributed by atoms with van der Waals surface area (Å²) in [6.45, 7) is 0. The van der Waals surface area contributed by atoms with E-state index in [0.29, 0.717) is 0 Å². The lowest BCUT2D eigenvalue weighted by Gasteiger charge is -2.09. The van der Waals surface area contributed by atoms with Crippen LogP contribution in [0.1, 0.15) is 18.4 Å². The summed E-state index contributed by atoms with van der Waals surface area (Å²) in [5.74, 6) is 0. The summed E-state index contributed by atoms with van der Waals surface area (Å²) in [6.07, 6.45) is 4.22. The van der Waals surface area contributed by atoms with E-state index in [-0.39, 0.29) is 5.54 Å². The van der Waals surface area contributed by atoms with Crippen LogP contribution in [0, 0.1) is 0 Å². The molecule has 3 rings (SSSR count). The average Bonchev–Trinajstić information content (AvgIpc) is 2.72. The molecule has 0 spiro atoms. The fraction of sp³-hybridized carbons (Fsp3) is 0.273. The van der Waals surface area contributed by atoms with Crippen LogP contribution in [0.3, 0.4) is 0 Å². The maximum absolute atomic E-state index is 6.18. The normalized spacial score (nSPS) is 19.2. The Balaban J connectivity index is 2.33. The molecule has 1 aliphatic rings. The molecule has 3 N–H and O–H groups in total. The van der Waals surface area contributed by atoms with Gasteiger partial charge in [-0.15, -0.1) is 0 Å². The lowest BCUT2D eigenvalue weighted by molar-refractivity contribution is 0.748. The third-order valence-electron chi connectivity index (χ3n) is 2.92. The SMILES string of the molecule is NC1(c2cccc3[nH]ccc23)CC1. The molecule has 66 valence electrons. The van der Waals surface area contributed by atoms with Crippen LogP contribution < -0.4 is 5.73 Å². The van der Waals surface area contributed by atoms with E-state index >= 15 is 0 Å². The summed E-state index contributed by atoms with van der Waals surface area (Å²) in [7, 11) is 0. The van der Waals surface area contributed by atoms with Gasteiger partial charge >= 0.3 is 0 Å². The van der Waals surface area contributed by atoms with Gasteiger partial charge in [0.2, 0.25) is 0 Å². The third-order valence-corrected chi connectivity index (χ3v) is 2.92. The van der Waals surface area contributed by atoms with Gasteiger partial charge in [-0.05, 0) is 30.5 Å². The molecule has 2 nitrogen and oxygen atoms in total. The number of hydrogen-bond donors (Lipinski definition) is 2. The number of H-pyrrole nitrogens is 1. The van der Waals surface area contributed by atoms with Gasteiger partial charge in [0.05, 0.1) is 0 Å². The van der Waals surface area contributed by atoms with Crippen molar-refractivity contribution in [3.8, 4) is 0 Å². The molecule has 0 saturated heterocycles. The van der Waals surface area contributed by atoms with Gasteiger partial charge in [-0.25, -0.2) is 0 Å². The molecule has 1 aromatic carbocycles. The predicted octanol–water partition coefficient (Wildman–Crippen LogP) is 2.12. The molecule has 0 atom stereocenters. The highest BCUT2D eigenvalue weighted by Crippen LogP contribution is 2.45. The van der Waals surface area contributed by atoms with Gasteiger partial charge in [-0.1, -0.05) is 12.1 Å². The molecule has 0 radical (unpaired) electrons. The molecule has 0 amide bonds. The average molecular weight is 172 g/mol. The Bertz CT molecular complexity index is 452. The van der Waals surface area contributed by atoms with Crippen LogP contribution in [0.4, 0.5) is 0 Å². The van der Waals surface area contributed by atoms with Crippen molar-refractivity contribution in [3.05, 3.63) is 36.0 Å². The number of nitrogens with one attached hydrogen (secondary N) is 1. The fourth-order valence-corrected chi connectivity index (χ4v) is 1.92. The maximum Gasteiger partial charge on any atom is 0.0457 e. The number of aromatic nitrogens is 1. The van der Waals surface area contributed by atoms with Crippen molar-refractivity contribution in [2.45, 2.75) is 18.4 Å². The molecule has 1 heterocycles. The molecule has 0 unspecified atom stereocenters. The second kappa shape index (κ2) is 2.15. The van der Waals surface area contributed by atoms with E-state index in [1.54, 1.807) is 0 Å². The summed E-state index contributed by atoms with van der Waals surface area (Å²) >= 11 is 0. The van der Waals surface area contributed by atoms with Crippen molar-refractivity contribution in [1.29, 1.82) is 0 Å². The summed E-state index contributed by atoms with van der Waals surface area (Å²) in [5, 5.41) is 1.28. The van der Waals surface area contributed by atoms with E-state index in [9.17, 15) is 0 Å². The number of aromatic amines is 1. The Morgan fingerprint density at radius 2 is 2.08 bits per heavy atom. The zero-order valence-corrected chi connectivity index (χ0v) is 7.38. The van der Waals surface area contributed by atoms with Crippen molar-refractivity contribution in [2.24, 2.45) is 5.73 Å². The lowest BCUT2D eigenvalue weighted by atomic mass is 10.0. The second-order valence-electron chi connectivity index (χ2n) is 3.90. The standard InChI is InChI=1S/C11H12N2/c12-11(5-6-11)9-2-1-3-10-8(9)4-7-13-10/h1-4,7,13H,5-6,12H2. The van der Waals surface area contributed by atoms with Gasteiger partial charge in [0.1, 0.15) is 0 Å². The molecule has 13 heavy (non-hydrogen) atoms. The lowest BCUT2D eigenvalue weighted by Crippen LogP contribution is -2.18. The summed E-state index contributed by atoms with van der Waals surface area (Å²) < 4.78 is 0. The third kappa shape index (κ3) is 0.923. The minimum atomic E-state index is -0.0261. The maximum atomic E-state index is 6.18. The van der Waals surface area contributed by atoms with E-state index < -0.39 is 0 Å². The van der Waals surface area contributed by atoms with Crippen molar-refractivity contribution >= 4 is 10.9 Å². The molecule has 1 fully saturated rings. The van der Waals surface area contributed by atoms with Crippen LogP contribution in [0.2, 0.25) is 0 Å². The van der Waals surface area contributed by atoms with Crippen LogP contribution in [0.25, 0.3) is 10.9 Å². The zero-order chi connectivity index (χ0) is 8.89. The van der Waals surface area contributed by atoms with E-state index in [0.717, 1.165) is 12.8 Å². The number of nitrogens with two attached hydrogens (primary N) is 1. The Kier molecular flexibility index (Phi) is 1.18. The number of benzene rings is 1. The molecule has 1 aliphatic carbocycles. The Morgan fingerprint density at radius 3 is 2.85 bits per heavy atom. The summed E-state index contributed by atoms with van der Waals surface area (Å²) in [6, 6.07) is 8.41. The highest BCUT2D eigenvalue weighted by Gasteiger charge is 2.40. The summed E-state index contributed by atoms with van der Waals surface area (Å²) in [4.78, 5) is 3.20. The predicted molar refractivity (Wildman–Crippen MR) is 53.4 cm³/mol. The Morgan fingerprint density at radius 1 is 1.23 bits per heavy atom. The van der Waals surface area contributed by atoms with Crippen molar-refractivity contribution in [3.63, 3.8) is 0 Å². The van der Waals surface area contributed by atoms with E-state index in [1.165, 1.54) is 16.5 Å². The fourth-order valence-electron chi connectivity index (χ4n) is 1.92. The molecular formula is C11H12N2. The van der Waals surface area contributed by atoms with E-state index in [1.807, 2.05) is 6.20 Å². The van der Waals surface area contributed by atoms with Crippen LogP contribution in [-0.2, 0) is 5.54 Å². The number of fused-ring (bicyclic) bond motifs is 1. The van der Waals surface area contributed by atoms with Crippen LogP contribution in [-0.4, -0.2) is 4.98 Å². The first-order valence-electron chi connectivity index (χ1n) is 4.65. The van der Waals surface area contributed by atoms with Crippen LogP contribution >= 0.6 is 0 Å². The molecular weight excluding hydrogens is 160 g/mol. The number of rotatable bonds is 1. The largest absolute Gasteiger partial charge is 0.361 e. The molecule has 0 bridgehead atoms. The zero-order valence-electron chi connectivity index (χ0n) is 7.38. The highest BCUT2D eigenvalue weighted by molar-refractivity contribution is 5.84. The number of hydrogen-bond acceptors (Lipinski definition) is 1. The first-order valence-corrected chi connectivity index (χ1v) is 4.65. The van der Waals surface area contributed by atoms with E-state index in [4.69, 9.17) is 5.73 Å². The van der Waals surface area contributed by atoms with Crippen molar-refractivity contribution < 1.29 is 0 Å².